The van der Waals surface area contributed by atoms with Gasteiger partial charge < -0.3 is 4.90 Å². The molecule has 19 heavy (non-hydrogen) atoms. The van der Waals surface area contributed by atoms with Crippen LogP contribution >= 0.6 is 0 Å². The highest BCUT2D eigenvalue weighted by Gasteiger charge is 2.31. The van der Waals surface area contributed by atoms with Crippen LogP contribution in [0.1, 0.15) is 6.42 Å². The zero-order valence-electron chi connectivity index (χ0n) is 10.8. The van der Waals surface area contributed by atoms with Crippen molar-refractivity contribution in [2.75, 3.05) is 31.3 Å². The zero-order valence-corrected chi connectivity index (χ0v) is 11.6. The molecule has 1 aromatic carbocycles. The molecule has 0 saturated carbocycles. The summed E-state index contributed by atoms with van der Waals surface area (Å²) in [5, 5.41) is 0. The minimum absolute atomic E-state index is 0.185. The summed E-state index contributed by atoms with van der Waals surface area (Å²) < 4.78 is 51.0. The molecule has 1 unspecified atom stereocenters. The van der Waals surface area contributed by atoms with Gasteiger partial charge in [0.2, 0.25) is 10.0 Å². The molecule has 1 atom stereocenters. The van der Waals surface area contributed by atoms with Crippen molar-refractivity contribution in [2.45, 2.75) is 12.5 Å². The molecule has 0 N–H and O–H groups in total. The SMILES string of the molecule is CN(C1CCN(c2cccc(F)c2F)C1)S(C)(=O)=O. The van der Waals surface area contributed by atoms with Crippen LogP contribution in [0.3, 0.4) is 0 Å². The van der Waals surface area contributed by atoms with E-state index in [2.05, 4.69) is 0 Å². The maximum atomic E-state index is 13.7. The predicted octanol–water partition coefficient (Wildman–Crippen LogP) is 1.43. The number of rotatable bonds is 3. The maximum Gasteiger partial charge on any atom is 0.211 e. The molecule has 1 aromatic rings. The summed E-state index contributed by atoms with van der Waals surface area (Å²) >= 11 is 0. The van der Waals surface area contributed by atoms with Gasteiger partial charge in [0.25, 0.3) is 0 Å². The molecule has 1 heterocycles. The van der Waals surface area contributed by atoms with Crippen molar-refractivity contribution in [2.24, 2.45) is 0 Å². The average Bonchev–Trinajstić information content (AvgIpc) is 2.79. The van der Waals surface area contributed by atoms with Gasteiger partial charge in [0.1, 0.15) is 0 Å². The highest BCUT2D eigenvalue weighted by molar-refractivity contribution is 7.88. The number of sulfonamides is 1. The predicted molar refractivity (Wildman–Crippen MR) is 69.6 cm³/mol. The molecule has 0 radical (unpaired) electrons. The number of anilines is 1. The molecule has 106 valence electrons. The lowest BCUT2D eigenvalue weighted by atomic mass is 10.2. The Labute approximate surface area is 111 Å². The van der Waals surface area contributed by atoms with Crippen molar-refractivity contribution in [3.8, 4) is 0 Å². The van der Waals surface area contributed by atoms with E-state index >= 15 is 0 Å². The highest BCUT2D eigenvalue weighted by atomic mass is 32.2. The summed E-state index contributed by atoms with van der Waals surface area (Å²) in [6.07, 6.45) is 1.73. The Hall–Kier alpha value is -1.21. The van der Waals surface area contributed by atoms with Gasteiger partial charge in [-0.3, -0.25) is 0 Å². The smallest absolute Gasteiger partial charge is 0.211 e. The second kappa shape index (κ2) is 5.05. The quantitative estimate of drug-likeness (QED) is 0.845. The second-order valence-electron chi connectivity index (χ2n) is 4.74. The fraction of sp³-hybridized carbons (Fsp3) is 0.500. The van der Waals surface area contributed by atoms with Gasteiger partial charge in [-0.25, -0.2) is 21.5 Å². The Morgan fingerprint density at radius 2 is 2.05 bits per heavy atom. The van der Waals surface area contributed by atoms with E-state index in [0.29, 0.717) is 19.5 Å². The van der Waals surface area contributed by atoms with Crippen LogP contribution in [0.25, 0.3) is 0 Å². The van der Waals surface area contributed by atoms with Crippen molar-refractivity contribution >= 4 is 15.7 Å². The molecule has 1 aliphatic rings. The van der Waals surface area contributed by atoms with Gasteiger partial charge in [-0.1, -0.05) is 6.07 Å². The van der Waals surface area contributed by atoms with Crippen molar-refractivity contribution in [3.05, 3.63) is 29.8 Å². The molecular formula is C12H16F2N2O2S. The molecule has 0 bridgehead atoms. The van der Waals surface area contributed by atoms with Crippen LogP contribution in [0.15, 0.2) is 18.2 Å². The lowest BCUT2D eigenvalue weighted by Crippen LogP contribution is -2.38. The third-order valence-electron chi connectivity index (χ3n) is 3.47. The van der Waals surface area contributed by atoms with Crippen molar-refractivity contribution < 1.29 is 17.2 Å². The fourth-order valence-electron chi connectivity index (χ4n) is 2.26. The molecule has 2 rings (SSSR count). The molecule has 1 fully saturated rings. The molecule has 1 aliphatic heterocycles. The van der Waals surface area contributed by atoms with Crippen molar-refractivity contribution in [3.63, 3.8) is 0 Å². The van der Waals surface area contributed by atoms with Gasteiger partial charge in [0.05, 0.1) is 11.9 Å². The molecule has 0 aromatic heterocycles. The first-order chi connectivity index (χ1) is 8.80. The van der Waals surface area contributed by atoms with Gasteiger partial charge in [-0.2, -0.15) is 0 Å². The van der Waals surface area contributed by atoms with Gasteiger partial charge in [0, 0.05) is 26.2 Å². The molecule has 0 amide bonds. The standard InChI is InChI=1S/C12H16F2N2O2S/c1-15(19(2,17)18)9-6-7-16(8-9)11-5-3-4-10(13)12(11)14/h3-5,9H,6-8H2,1-2H3. The average molecular weight is 290 g/mol. The van der Waals surface area contributed by atoms with Crippen LogP contribution in [0.2, 0.25) is 0 Å². The first-order valence-corrected chi connectivity index (χ1v) is 7.77. The largest absolute Gasteiger partial charge is 0.367 e. The second-order valence-corrected chi connectivity index (χ2v) is 6.78. The normalized spacial score (nSPS) is 20.3. The minimum atomic E-state index is -3.27. The Bertz CT molecular complexity index is 577. The number of hydrogen-bond acceptors (Lipinski definition) is 3. The van der Waals surface area contributed by atoms with Crippen molar-refractivity contribution in [1.29, 1.82) is 0 Å². The summed E-state index contributed by atoms with van der Waals surface area (Å²) in [6.45, 7) is 0.870. The molecule has 7 heteroatoms. The fourth-order valence-corrected chi connectivity index (χ4v) is 2.98. The number of hydrogen-bond donors (Lipinski definition) is 0. The topological polar surface area (TPSA) is 40.6 Å². The summed E-state index contributed by atoms with van der Waals surface area (Å²) in [5.41, 5.74) is 0.185. The van der Waals surface area contributed by atoms with Crippen molar-refractivity contribution in [1.82, 2.24) is 4.31 Å². The summed E-state index contributed by atoms with van der Waals surface area (Å²) in [5.74, 6) is -1.78. The van der Waals surface area contributed by atoms with Gasteiger partial charge in [0.15, 0.2) is 11.6 Å². The molecule has 0 aliphatic carbocycles. The number of nitrogens with zero attached hydrogens (tertiary/aromatic N) is 2. The van der Waals surface area contributed by atoms with E-state index < -0.39 is 21.7 Å². The van der Waals surface area contributed by atoms with E-state index in [-0.39, 0.29) is 11.7 Å². The Kier molecular flexibility index (Phi) is 3.78. The highest BCUT2D eigenvalue weighted by Crippen LogP contribution is 2.27. The lowest BCUT2D eigenvalue weighted by Gasteiger charge is -2.23. The molecule has 0 spiro atoms. The van der Waals surface area contributed by atoms with E-state index in [1.807, 2.05) is 0 Å². The van der Waals surface area contributed by atoms with E-state index in [1.165, 1.54) is 23.5 Å². The number of halogens is 2. The zero-order chi connectivity index (χ0) is 14.2. The van der Waals surface area contributed by atoms with Crippen LogP contribution in [0.4, 0.5) is 14.5 Å². The van der Waals surface area contributed by atoms with Crippen LogP contribution in [-0.2, 0) is 10.0 Å². The molecule has 4 nitrogen and oxygen atoms in total. The van der Waals surface area contributed by atoms with Crippen LogP contribution in [0, 0.1) is 11.6 Å². The first-order valence-electron chi connectivity index (χ1n) is 5.92. The summed E-state index contributed by atoms with van der Waals surface area (Å²) in [4.78, 5) is 1.67. The van der Waals surface area contributed by atoms with Gasteiger partial charge >= 0.3 is 0 Å². The van der Waals surface area contributed by atoms with E-state index in [0.717, 1.165) is 12.3 Å². The van der Waals surface area contributed by atoms with Crippen LogP contribution in [-0.4, -0.2) is 45.2 Å². The monoisotopic (exact) mass is 290 g/mol. The maximum absolute atomic E-state index is 13.7. The van der Waals surface area contributed by atoms with Crippen LogP contribution in [0.5, 0.6) is 0 Å². The minimum Gasteiger partial charge on any atom is -0.367 e. The van der Waals surface area contributed by atoms with Crippen LogP contribution < -0.4 is 4.90 Å². The Morgan fingerprint density at radius 3 is 2.68 bits per heavy atom. The molecular weight excluding hydrogens is 274 g/mol. The van der Waals surface area contributed by atoms with E-state index in [1.54, 1.807) is 4.90 Å². The summed E-state index contributed by atoms with van der Waals surface area (Å²) in [7, 11) is -1.77. The first kappa shape index (κ1) is 14.2. The number of likely N-dealkylation sites (N-methyl/N-ethyl adjacent to an activating group) is 1. The lowest BCUT2D eigenvalue weighted by molar-refractivity contribution is 0.393. The Balaban J connectivity index is 2.17. The molecule has 1 saturated heterocycles. The van der Waals surface area contributed by atoms with E-state index in [4.69, 9.17) is 0 Å². The summed E-state index contributed by atoms with van der Waals surface area (Å²) in [6, 6.07) is 3.80. The third kappa shape index (κ3) is 2.87. The number of benzene rings is 1. The van der Waals surface area contributed by atoms with Gasteiger partial charge in [-0.05, 0) is 18.6 Å². The van der Waals surface area contributed by atoms with Gasteiger partial charge in [-0.15, -0.1) is 0 Å². The third-order valence-corrected chi connectivity index (χ3v) is 4.82. The Morgan fingerprint density at radius 1 is 1.37 bits per heavy atom. The van der Waals surface area contributed by atoms with E-state index in [9.17, 15) is 17.2 Å².